The second-order valence-electron chi connectivity index (χ2n) is 5.79. The van der Waals surface area contributed by atoms with Gasteiger partial charge >= 0.3 is 0 Å². The van der Waals surface area contributed by atoms with Gasteiger partial charge in [0.05, 0.1) is 5.69 Å². The number of benzene rings is 1. The minimum Gasteiger partial charge on any atom is -0.388 e. The predicted molar refractivity (Wildman–Crippen MR) is 103 cm³/mol. The summed E-state index contributed by atoms with van der Waals surface area (Å²) in [6.07, 6.45) is 0. The van der Waals surface area contributed by atoms with Crippen molar-refractivity contribution in [1.82, 2.24) is 9.80 Å². The van der Waals surface area contributed by atoms with Crippen molar-refractivity contribution < 1.29 is 9.59 Å². The van der Waals surface area contributed by atoms with Crippen molar-refractivity contribution in [3.8, 4) is 0 Å². The largest absolute Gasteiger partial charge is 0.388 e. The van der Waals surface area contributed by atoms with Crippen LogP contribution >= 0.6 is 12.2 Å². The highest BCUT2D eigenvalue weighted by Crippen LogP contribution is 2.13. The highest BCUT2D eigenvalue weighted by atomic mass is 32.1. The first-order chi connectivity index (χ1) is 11.9. The van der Waals surface area contributed by atoms with E-state index in [-0.39, 0.29) is 22.5 Å². The Morgan fingerprint density at radius 2 is 1.68 bits per heavy atom. The van der Waals surface area contributed by atoms with Crippen molar-refractivity contribution in [2.75, 3.05) is 44.0 Å². The third-order valence-electron chi connectivity index (χ3n) is 3.73. The zero-order chi connectivity index (χ0) is 18.4. The summed E-state index contributed by atoms with van der Waals surface area (Å²) >= 11 is 4.97. The van der Waals surface area contributed by atoms with Crippen LogP contribution in [0.3, 0.4) is 0 Å². The second kappa shape index (κ2) is 8.54. The van der Waals surface area contributed by atoms with Crippen LogP contribution < -0.4 is 16.5 Å². The van der Waals surface area contributed by atoms with Crippen molar-refractivity contribution >= 4 is 46.1 Å². The van der Waals surface area contributed by atoms with Gasteiger partial charge in [0, 0.05) is 38.8 Å². The van der Waals surface area contributed by atoms with Gasteiger partial charge in [0.2, 0.25) is 5.91 Å². The second-order valence-corrected chi connectivity index (χ2v) is 6.23. The third-order valence-corrected chi connectivity index (χ3v) is 3.92. The van der Waals surface area contributed by atoms with Crippen molar-refractivity contribution in [2.45, 2.75) is 6.92 Å². The fourth-order valence-corrected chi connectivity index (χ4v) is 2.45. The number of carbonyl (C=O) groups excluding carboxylic acids is 2. The number of hydrogen-bond donors (Lipinski definition) is 3. The van der Waals surface area contributed by atoms with Crippen LogP contribution in [0.1, 0.15) is 6.92 Å². The minimum atomic E-state index is -0.275. The smallest absolute Gasteiger partial charge is 0.277 e. The number of nitrogens with one attached hydrogen (secondary N) is 2. The molecular formula is C16H22N6O2S. The Labute approximate surface area is 152 Å². The number of anilines is 2. The first-order valence-corrected chi connectivity index (χ1v) is 8.26. The molecule has 0 aromatic heterocycles. The van der Waals surface area contributed by atoms with Crippen molar-refractivity contribution in [3.63, 3.8) is 0 Å². The molecule has 2 rings (SSSR count). The fraction of sp³-hybridized carbons (Fsp3) is 0.375. The Morgan fingerprint density at radius 3 is 2.20 bits per heavy atom. The molecule has 1 aromatic carbocycles. The molecule has 1 aliphatic heterocycles. The summed E-state index contributed by atoms with van der Waals surface area (Å²) in [7, 11) is 2.01. The van der Waals surface area contributed by atoms with Gasteiger partial charge in [0.25, 0.3) is 5.91 Å². The Bertz CT molecular complexity index is 680. The van der Waals surface area contributed by atoms with E-state index in [1.54, 1.807) is 29.2 Å². The van der Waals surface area contributed by atoms with E-state index >= 15 is 0 Å². The topological polar surface area (TPSA) is 103 Å². The average molecular weight is 362 g/mol. The molecule has 0 radical (unpaired) electrons. The van der Waals surface area contributed by atoms with E-state index < -0.39 is 0 Å². The average Bonchev–Trinajstić information content (AvgIpc) is 2.56. The molecule has 4 N–H and O–H groups in total. The maximum atomic E-state index is 12.6. The first kappa shape index (κ1) is 18.8. The van der Waals surface area contributed by atoms with Crippen LogP contribution in [-0.2, 0) is 9.59 Å². The zero-order valence-corrected chi connectivity index (χ0v) is 15.1. The number of hydrazone groups is 1. The summed E-state index contributed by atoms with van der Waals surface area (Å²) in [5.41, 5.74) is 9.81. The highest BCUT2D eigenvalue weighted by Gasteiger charge is 2.25. The van der Waals surface area contributed by atoms with E-state index in [4.69, 9.17) is 18.0 Å². The Kier molecular flexibility index (Phi) is 6.43. The summed E-state index contributed by atoms with van der Waals surface area (Å²) in [6.45, 7) is 4.27. The minimum absolute atomic E-state index is 0.0329. The van der Waals surface area contributed by atoms with Gasteiger partial charge in [-0.25, -0.2) is 0 Å². The number of nitrogens with zero attached hydrogens (tertiary/aromatic N) is 3. The zero-order valence-electron chi connectivity index (χ0n) is 14.3. The monoisotopic (exact) mass is 362 g/mol. The number of thiocarbonyl (C=S) groups is 1. The molecule has 25 heavy (non-hydrogen) atoms. The molecule has 0 atom stereocenters. The van der Waals surface area contributed by atoms with Crippen LogP contribution in [0.5, 0.6) is 0 Å². The van der Waals surface area contributed by atoms with Crippen molar-refractivity contribution in [1.29, 1.82) is 0 Å². The number of piperazine rings is 1. The molecular weight excluding hydrogens is 340 g/mol. The third kappa shape index (κ3) is 5.50. The van der Waals surface area contributed by atoms with Gasteiger partial charge in [0.15, 0.2) is 5.71 Å². The lowest BCUT2D eigenvalue weighted by Crippen LogP contribution is -2.51. The van der Waals surface area contributed by atoms with Crippen molar-refractivity contribution in [2.24, 2.45) is 10.8 Å². The normalized spacial score (nSPS) is 15.6. The Morgan fingerprint density at radius 1 is 1.12 bits per heavy atom. The van der Waals surface area contributed by atoms with E-state index in [0.29, 0.717) is 24.5 Å². The molecule has 1 aromatic rings. The quantitative estimate of drug-likeness (QED) is 0.400. The Hall–Kier alpha value is -2.52. The number of carbonyl (C=O) groups is 2. The van der Waals surface area contributed by atoms with Crippen LogP contribution in [0.25, 0.3) is 0 Å². The summed E-state index contributed by atoms with van der Waals surface area (Å²) in [6, 6.07) is 6.91. The van der Waals surface area contributed by atoms with Gasteiger partial charge in [-0.2, -0.15) is 5.10 Å². The lowest BCUT2D eigenvalue weighted by Gasteiger charge is -2.32. The molecule has 0 aliphatic carbocycles. The van der Waals surface area contributed by atoms with E-state index in [9.17, 15) is 9.59 Å². The lowest BCUT2D eigenvalue weighted by molar-refractivity contribution is -0.125. The maximum Gasteiger partial charge on any atom is 0.277 e. The molecule has 0 bridgehead atoms. The molecule has 2 amide bonds. The summed E-state index contributed by atoms with van der Waals surface area (Å²) in [5, 5.41) is 6.76. The van der Waals surface area contributed by atoms with Gasteiger partial charge in [0.1, 0.15) is 4.99 Å². The van der Waals surface area contributed by atoms with Gasteiger partial charge in [-0.3, -0.25) is 15.0 Å². The van der Waals surface area contributed by atoms with Crippen LogP contribution in [0.15, 0.2) is 29.4 Å². The Balaban J connectivity index is 2.05. The molecule has 0 spiro atoms. The van der Waals surface area contributed by atoms with E-state index in [2.05, 4.69) is 20.7 Å². The van der Waals surface area contributed by atoms with Crippen LogP contribution in [-0.4, -0.2) is 65.5 Å². The lowest BCUT2D eigenvalue weighted by atomic mass is 10.2. The standard InChI is InChI=1S/C16H22N6O2S/c1-11(23)18-12-3-5-13(6-4-12)19-20-14(15(17)25)16(24)22-9-7-21(2)8-10-22/h3-6,19H,7-10H2,1-2H3,(H2,17,25)(H,18,23)/b20-14+. The molecule has 134 valence electrons. The highest BCUT2D eigenvalue weighted by molar-refractivity contribution is 7.82. The molecule has 1 fully saturated rings. The van der Waals surface area contributed by atoms with Gasteiger partial charge < -0.3 is 20.9 Å². The molecule has 1 saturated heterocycles. The van der Waals surface area contributed by atoms with Crippen LogP contribution in [0.4, 0.5) is 11.4 Å². The SMILES string of the molecule is CC(=O)Nc1ccc(N/N=C(/C(=O)N2CCN(C)CC2)C(N)=S)cc1. The molecule has 0 unspecified atom stereocenters. The molecule has 8 nitrogen and oxygen atoms in total. The number of amides is 2. The maximum absolute atomic E-state index is 12.6. The molecule has 0 saturated carbocycles. The number of hydrogen-bond acceptors (Lipinski definition) is 6. The molecule has 9 heteroatoms. The van der Waals surface area contributed by atoms with Crippen LogP contribution in [0.2, 0.25) is 0 Å². The van der Waals surface area contributed by atoms with E-state index in [1.165, 1.54) is 6.92 Å². The summed E-state index contributed by atoms with van der Waals surface area (Å²) in [5.74, 6) is -0.421. The number of rotatable bonds is 5. The van der Waals surface area contributed by atoms with Gasteiger partial charge in [-0.15, -0.1) is 0 Å². The van der Waals surface area contributed by atoms with Gasteiger partial charge in [-0.05, 0) is 31.3 Å². The molecule has 1 aliphatic rings. The van der Waals surface area contributed by atoms with Crippen molar-refractivity contribution in [3.05, 3.63) is 24.3 Å². The van der Waals surface area contributed by atoms with Crippen LogP contribution in [0, 0.1) is 0 Å². The molecule has 1 heterocycles. The van der Waals surface area contributed by atoms with E-state index in [0.717, 1.165) is 13.1 Å². The predicted octanol–water partition coefficient (Wildman–Crippen LogP) is 0.473. The first-order valence-electron chi connectivity index (χ1n) is 7.86. The summed E-state index contributed by atoms with van der Waals surface area (Å²) in [4.78, 5) is 27.4. The fourth-order valence-electron chi connectivity index (χ4n) is 2.32. The number of nitrogens with two attached hydrogens (primary N) is 1. The number of likely N-dealkylation sites (N-methyl/N-ethyl adjacent to an activating group) is 1. The van der Waals surface area contributed by atoms with Gasteiger partial charge in [-0.1, -0.05) is 12.2 Å². The van der Waals surface area contributed by atoms with E-state index in [1.807, 2.05) is 7.05 Å². The summed E-state index contributed by atoms with van der Waals surface area (Å²) < 4.78 is 0.